The molecule has 0 aliphatic carbocycles. The van der Waals surface area contributed by atoms with Crippen molar-refractivity contribution in [2.75, 3.05) is 18.0 Å². The lowest BCUT2D eigenvalue weighted by molar-refractivity contribution is 0.237. The van der Waals surface area contributed by atoms with Gasteiger partial charge >= 0.3 is 0 Å². The molecule has 0 atom stereocenters. The van der Waals surface area contributed by atoms with E-state index in [-0.39, 0.29) is 6.61 Å². The maximum absolute atomic E-state index is 9.42. The van der Waals surface area contributed by atoms with E-state index in [1.165, 1.54) is 19.3 Å². The third-order valence-corrected chi connectivity index (χ3v) is 4.62. The first-order chi connectivity index (χ1) is 8.58. The first-order valence-electron chi connectivity index (χ1n) is 6.72. The molecule has 1 aromatic rings. The zero-order valence-corrected chi connectivity index (χ0v) is 12.0. The van der Waals surface area contributed by atoms with Gasteiger partial charge in [0.25, 0.3) is 0 Å². The molecule has 0 unspecified atom stereocenters. The van der Waals surface area contributed by atoms with E-state index in [0.29, 0.717) is 5.41 Å². The summed E-state index contributed by atoms with van der Waals surface area (Å²) in [5, 5.41) is 10.2. The van der Waals surface area contributed by atoms with Gasteiger partial charge in [0.2, 0.25) is 0 Å². The van der Waals surface area contributed by atoms with Gasteiger partial charge in [-0.1, -0.05) is 37.9 Å². The summed E-state index contributed by atoms with van der Waals surface area (Å²) >= 11 is 6.07. The Morgan fingerprint density at radius 2 is 2.00 bits per heavy atom. The molecule has 100 valence electrons. The quantitative estimate of drug-likeness (QED) is 0.899. The molecule has 1 heterocycles. The van der Waals surface area contributed by atoms with Crippen LogP contribution >= 0.6 is 11.6 Å². The number of aliphatic hydroxyl groups excluding tert-OH is 1. The van der Waals surface area contributed by atoms with Gasteiger partial charge in [-0.25, -0.2) is 0 Å². The lowest BCUT2D eigenvalue weighted by Crippen LogP contribution is -2.38. The van der Waals surface area contributed by atoms with Crippen molar-refractivity contribution >= 4 is 17.3 Å². The predicted molar refractivity (Wildman–Crippen MR) is 77.2 cm³/mol. The molecule has 3 heteroatoms. The molecular weight excluding hydrogens is 246 g/mol. The summed E-state index contributed by atoms with van der Waals surface area (Å²) in [6, 6.07) is 5.74. The standard InChI is InChI=1S/C15H22ClNO/c1-3-15(2)6-8-17(9-7-15)14-10-13(16)5-4-12(14)11-18/h4-5,10,18H,3,6-9,11H2,1-2H3. The Morgan fingerprint density at radius 1 is 1.33 bits per heavy atom. The zero-order chi connectivity index (χ0) is 13.2. The van der Waals surface area contributed by atoms with Gasteiger partial charge in [0.15, 0.2) is 0 Å². The fourth-order valence-electron chi connectivity index (χ4n) is 2.61. The van der Waals surface area contributed by atoms with Crippen molar-refractivity contribution in [1.82, 2.24) is 0 Å². The second-order valence-electron chi connectivity index (χ2n) is 5.58. The van der Waals surface area contributed by atoms with E-state index in [1.807, 2.05) is 18.2 Å². The van der Waals surface area contributed by atoms with E-state index in [4.69, 9.17) is 11.6 Å². The minimum atomic E-state index is 0.0774. The molecule has 1 aromatic carbocycles. The van der Waals surface area contributed by atoms with Crippen molar-refractivity contribution in [2.45, 2.75) is 39.7 Å². The Labute approximate surface area is 115 Å². The van der Waals surface area contributed by atoms with Crippen LogP contribution < -0.4 is 4.90 Å². The molecule has 1 aliphatic rings. The van der Waals surface area contributed by atoms with Crippen molar-refractivity contribution in [3.8, 4) is 0 Å². The average Bonchev–Trinajstić information content (AvgIpc) is 2.39. The highest BCUT2D eigenvalue weighted by Crippen LogP contribution is 2.37. The van der Waals surface area contributed by atoms with Crippen LogP contribution in [0.3, 0.4) is 0 Å². The van der Waals surface area contributed by atoms with Crippen LogP contribution in [-0.4, -0.2) is 18.2 Å². The van der Waals surface area contributed by atoms with E-state index in [0.717, 1.165) is 29.4 Å². The van der Waals surface area contributed by atoms with Crippen molar-refractivity contribution in [3.05, 3.63) is 28.8 Å². The highest BCUT2D eigenvalue weighted by molar-refractivity contribution is 6.30. The summed E-state index contributed by atoms with van der Waals surface area (Å²) in [5.74, 6) is 0. The molecule has 0 spiro atoms. The topological polar surface area (TPSA) is 23.5 Å². The fourth-order valence-corrected chi connectivity index (χ4v) is 2.77. The van der Waals surface area contributed by atoms with Gasteiger partial charge in [-0.2, -0.15) is 0 Å². The third-order valence-electron chi connectivity index (χ3n) is 4.38. The molecule has 0 radical (unpaired) electrons. The van der Waals surface area contributed by atoms with Gasteiger partial charge in [-0.05, 0) is 30.4 Å². The first-order valence-corrected chi connectivity index (χ1v) is 7.10. The predicted octanol–water partition coefficient (Wildman–Crippen LogP) is 3.85. The summed E-state index contributed by atoms with van der Waals surface area (Å²) in [7, 11) is 0. The number of aliphatic hydroxyl groups is 1. The Morgan fingerprint density at radius 3 is 2.56 bits per heavy atom. The molecule has 1 aliphatic heterocycles. The number of hydrogen-bond acceptors (Lipinski definition) is 2. The summed E-state index contributed by atoms with van der Waals surface area (Å²) in [6.07, 6.45) is 3.66. The number of hydrogen-bond donors (Lipinski definition) is 1. The lowest BCUT2D eigenvalue weighted by Gasteiger charge is -2.40. The number of benzene rings is 1. The highest BCUT2D eigenvalue weighted by Gasteiger charge is 2.28. The van der Waals surface area contributed by atoms with Crippen LogP contribution in [0.1, 0.15) is 38.7 Å². The van der Waals surface area contributed by atoms with E-state index >= 15 is 0 Å². The van der Waals surface area contributed by atoms with E-state index in [1.54, 1.807) is 0 Å². The maximum atomic E-state index is 9.42. The van der Waals surface area contributed by atoms with Crippen LogP contribution in [0.15, 0.2) is 18.2 Å². The van der Waals surface area contributed by atoms with Crippen LogP contribution in [0, 0.1) is 5.41 Å². The number of nitrogens with zero attached hydrogens (tertiary/aromatic N) is 1. The SMILES string of the molecule is CCC1(C)CCN(c2cc(Cl)ccc2CO)CC1. The monoisotopic (exact) mass is 267 g/mol. The van der Waals surface area contributed by atoms with Gasteiger partial charge in [0.1, 0.15) is 0 Å². The number of halogens is 1. The second-order valence-corrected chi connectivity index (χ2v) is 6.02. The van der Waals surface area contributed by atoms with Gasteiger partial charge in [-0.3, -0.25) is 0 Å². The highest BCUT2D eigenvalue weighted by atomic mass is 35.5. The van der Waals surface area contributed by atoms with E-state index in [2.05, 4.69) is 18.7 Å². The Hall–Kier alpha value is -0.730. The van der Waals surface area contributed by atoms with Gasteiger partial charge in [-0.15, -0.1) is 0 Å². The molecule has 18 heavy (non-hydrogen) atoms. The summed E-state index contributed by atoms with van der Waals surface area (Å²) in [6.45, 7) is 6.83. The Balaban J connectivity index is 2.16. The minimum absolute atomic E-state index is 0.0774. The molecule has 2 rings (SSSR count). The third kappa shape index (κ3) is 2.81. The molecule has 0 saturated carbocycles. The van der Waals surface area contributed by atoms with Crippen molar-refractivity contribution in [1.29, 1.82) is 0 Å². The minimum Gasteiger partial charge on any atom is -0.392 e. The average molecular weight is 268 g/mol. The van der Waals surface area contributed by atoms with E-state index in [9.17, 15) is 5.11 Å². The van der Waals surface area contributed by atoms with Crippen LogP contribution in [-0.2, 0) is 6.61 Å². The lowest BCUT2D eigenvalue weighted by atomic mass is 9.78. The molecular formula is C15H22ClNO. The number of anilines is 1. The maximum Gasteiger partial charge on any atom is 0.0702 e. The van der Waals surface area contributed by atoms with Crippen LogP contribution in [0.2, 0.25) is 5.02 Å². The zero-order valence-electron chi connectivity index (χ0n) is 11.2. The summed E-state index contributed by atoms with van der Waals surface area (Å²) in [4.78, 5) is 2.36. The molecule has 0 bridgehead atoms. The number of rotatable bonds is 3. The Kier molecular flexibility index (Phi) is 4.18. The molecule has 0 aromatic heterocycles. The van der Waals surface area contributed by atoms with Crippen LogP contribution in [0.4, 0.5) is 5.69 Å². The summed E-state index contributed by atoms with van der Waals surface area (Å²) < 4.78 is 0. The molecule has 1 N–H and O–H groups in total. The van der Waals surface area contributed by atoms with Crippen molar-refractivity contribution in [3.63, 3.8) is 0 Å². The van der Waals surface area contributed by atoms with Gasteiger partial charge in [0, 0.05) is 29.4 Å². The first kappa shape index (κ1) is 13.7. The normalized spacial score (nSPS) is 19.0. The van der Waals surface area contributed by atoms with E-state index < -0.39 is 0 Å². The second kappa shape index (κ2) is 5.50. The fraction of sp³-hybridized carbons (Fsp3) is 0.600. The Bertz CT molecular complexity index is 411. The van der Waals surface area contributed by atoms with Crippen molar-refractivity contribution in [2.24, 2.45) is 5.41 Å². The molecule has 2 nitrogen and oxygen atoms in total. The smallest absolute Gasteiger partial charge is 0.0702 e. The summed E-state index contributed by atoms with van der Waals surface area (Å²) in [5.41, 5.74) is 2.55. The van der Waals surface area contributed by atoms with Crippen molar-refractivity contribution < 1.29 is 5.11 Å². The van der Waals surface area contributed by atoms with Gasteiger partial charge in [0.05, 0.1) is 6.61 Å². The van der Waals surface area contributed by atoms with Gasteiger partial charge < -0.3 is 10.0 Å². The molecule has 1 fully saturated rings. The van der Waals surface area contributed by atoms with Crippen LogP contribution in [0.5, 0.6) is 0 Å². The largest absolute Gasteiger partial charge is 0.392 e. The van der Waals surface area contributed by atoms with Crippen LogP contribution in [0.25, 0.3) is 0 Å². The molecule has 0 amide bonds. The molecule has 1 saturated heterocycles. The number of piperidine rings is 1.